The van der Waals surface area contributed by atoms with E-state index in [-0.39, 0.29) is 47.7 Å². The van der Waals surface area contributed by atoms with Gasteiger partial charge in [-0.1, -0.05) is 44.2 Å². The van der Waals surface area contributed by atoms with E-state index in [2.05, 4.69) is 45.1 Å². The molecule has 1 saturated heterocycles. The Hall–Kier alpha value is -3.68. The minimum absolute atomic E-state index is 0.0789. The van der Waals surface area contributed by atoms with E-state index in [1.807, 2.05) is 35.2 Å². The minimum Gasteiger partial charge on any atom is -0.351 e. The lowest BCUT2D eigenvalue weighted by Gasteiger charge is -2.30. The summed E-state index contributed by atoms with van der Waals surface area (Å²) in [6, 6.07) is 9.02. The molecule has 1 fully saturated rings. The molecule has 2 aromatic heterocycles. The van der Waals surface area contributed by atoms with E-state index in [1.165, 1.54) is 22.7 Å². The highest BCUT2D eigenvalue weighted by atomic mass is 32.1. The molecule has 2 aliphatic heterocycles. The molecule has 4 amide bonds. The number of hydrogen-bond acceptors (Lipinski definition) is 9. The van der Waals surface area contributed by atoms with Crippen LogP contribution in [0.4, 0.5) is 0 Å². The maximum atomic E-state index is 13.5. The summed E-state index contributed by atoms with van der Waals surface area (Å²) in [5.74, 6) is -0.434. The molecule has 0 aliphatic carbocycles. The Kier molecular flexibility index (Phi) is 12.5. The first-order valence-corrected chi connectivity index (χ1v) is 18.4. The normalized spacial score (nSPS) is 22.1. The van der Waals surface area contributed by atoms with Gasteiger partial charge in [-0.15, -0.1) is 22.7 Å². The Labute approximate surface area is 284 Å². The summed E-state index contributed by atoms with van der Waals surface area (Å²) in [5.41, 5.74) is 1.59. The summed E-state index contributed by atoms with van der Waals surface area (Å²) >= 11 is 2.69. The van der Waals surface area contributed by atoms with Crippen LogP contribution in [0.25, 0.3) is 0 Å². The standard InChI is InChI=1S/C34H45N7O4S2/c1-22(2)17-25-32-40-28(21-47-32)31(44)38-26(18-23-9-4-3-5-10-23)33-39-27(20-46-33)30(43)36-14-8-16-41(15-7-12-29(42)37-25)34(45)24-11-6-13-35-19-24/h3-5,9-10,20-22,24-26,35H,6-8,11-19H2,1-2H3,(H,36,43)(H,37,42)(H,38,44)/t24-,25-,26-/m0/s1. The summed E-state index contributed by atoms with van der Waals surface area (Å²) < 4.78 is 0. The Morgan fingerprint density at radius 1 is 0.894 bits per heavy atom. The van der Waals surface area contributed by atoms with Crippen molar-refractivity contribution in [3.05, 3.63) is 68.1 Å². The Balaban J connectivity index is 1.39. The first kappa shape index (κ1) is 34.6. The van der Waals surface area contributed by atoms with E-state index in [9.17, 15) is 19.2 Å². The van der Waals surface area contributed by atoms with E-state index in [1.54, 1.807) is 10.8 Å². The highest BCUT2D eigenvalue weighted by Crippen LogP contribution is 2.27. The number of piperidine rings is 1. The third-order valence-electron chi connectivity index (χ3n) is 8.42. The third-order valence-corrected chi connectivity index (χ3v) is 10.3. The predicted octanol–water partition coefficient (Wildman–Crippen LogP) is 4.26. The molecule has 1 aromatic carbocycles. The van der Waals surface area contributed by atoms with E-state index in [4.69, 9.17) is 0 Å². The zero-order chi connectivity index (χ0) is 33.2. The number of amides is 4. The van der Waals surface area contributed by atoms with Gasteiger partial charge in [-0.05, 0) is 56.6 Å². The van der Waals surface area contributed by atoms with Crippen LogP contribution in [0.2, 0.25) is 0 Å². The number of rotatable bonds is 5. The molecule has 4 bridgehead atoms. The fraction of sp³-hybridized carbons (Fsp3) is 0.529. The van der Waals surface area contributed by atoms with Crippen LogP contribution in [0, 0.1) is 11.8 Å². The number of benzene rings is 1. The van der Waals surface area contributed by atoms with Crippen LogP contribution in [0.1, 0.15) is 101 Å². The molecule has 0 radical (unpaired) electrons. The Morgan fingerprint density at radius 2 is 1.60 bits per heavy atom. The zero-order valence-electron chi connectivity index (χ0n) is 27.1. The zero-order valence-corrected chi connectivity index (χ0v) is 28.8. The van der Waals surface area contributed by atoms with Crippen molar-refractivity contribution in [3.8, 4) is 0 Å². The Bertz CT molecular complexity index is 1500. The number of hydrogen-bond donors (Lipinski definition) is 4. The fourth-order valence-electron chi connectivity index (χ4n) is 5.99. The van der Waals surface area contributed by atoms with Crippen molar-refractivity contribution in [2.45, 2.75) is 70.9 Å². The second kappa shape index (κ2) is 16.9. The van der Waals surface area contributed by atoms with Crippen molar-refractivity contribution >= 4 is 46.3 Å². The van der Waals surface area contributed by atoms with Crippen LogP contribution in [-0.2, 0) is 16.0 Å². The molecule has 13 heteroatoms. The molecule has 4 heterocycles. The molecule has 0 spiro atoms. The predicted molar refractivity (Wildman–Crippen MR) is 183 cm³/mol. The lowest BCUT2D eigenvalue weighted by molar-refractivity contribution is -0.136. The molecule has 11 nitrogen and oxygen atoms in total. The monoisotopic (exact) mass is 679 g/mol. The third kappa shape index (κ3) is 9.91. The molecular weight excluding hydrogens is 635 g/mol. The second-order valence-corrected chi connectivity index (χ2v) is 14.5. The van der Waals surface area contributed by atoms with Crippen molar-refractivity contribution < 1.29 is 19.2 Å². The number of fused-ring (bicyclic) bond motifs is 4. The summed E-state index contributed by atoms with van der Waals surface area (Å²) in [7, 11) is 0. The lowest BCUT2D eigenvalue weighted by atomic mass is 9.98. The molecule has 47 heavy (non-hydrogen) atoms. The molecule has 4 N–H and O–H groups in total. The van der Waals surface area contributed by atoms with Gasteiger partial charge < -0.3 is 26.2 Å². The molecule has 5 rings (SSSR count). The molecule has 252 valence electrons. The number of carbonyl (C=O) groups is 4. The summed E-state index contributed by atoms with van der Waals surface area (Å²) in [5, 5.41) is 17.3. The van der Waals surface area contributed by atoms with Gasteiger partial charge in [-0.2, -0.15) is 0 Å². The molecule has 3 aromatic rings. The Morgan fingerprint density at radius 3 is 2.30 bits per heavy atom. The van der Waals surface area contributed by atoms with E-state index >= 15 is 0 Å². The largest absolute Gasteiger partial charge is 0.351 e. The van der Waals surface area contributed by atoms with Gasteiger partial charge in [-0.25, -0.2) is 9.97 Å². The molecule has 3 atom stereocenters. The number of nitrogens with one attached hydrogen (secondary N) is 4. The van der Waals surface area contributed by atoms with Crippen LogP contribution in [0.15, 0.2) is 41.1 Å². The van der Waals surface area contributed by atoms with Gasteiger partial charge in [0.05, 0.1) is 18.0 Å². The van der Waals surface area contributed by atoms with Crippen LogP contribution >= 0.6 is 22.7 Å². The van der Waals surface area contributed by atoms with Crippen LogP contribution in [-0.4, -0.2) is 71.2 Å². The van der Waals surface area contributed by atoms with Crippen LogP contribution < -0.4 is 21.3 Å². The van der Waals surface area contributed by atoms with Crippen molar-refractivity contribution in [1.29, 1.82) is 0 Å². The number of nitrogens with zero attached hydrogens (tertiary/aromatic N) is 3. The highest BCUT2D eigenvalue weighted by Gasteiger charge is 2.28. The van der Waals surface area contributed by atoms with E-state index in [0.29, 0.717) is 73.5 Å². The summed E-state index contributed by atoms with van der Waals surface area (Å²) in [4.78, 5) is 64.4. The van der Waals surface area contributed by atoms with Crippen molar-refractivity contribution in [2.75, 3.05) is 32.7 Å². The average molecular weight is 680 g/mol. The van der Waals surface area contributed by atoms with Gasteiger partial charge in [0.2, 0.25) is 11.8 Å². The van der Waals surface area contributed by atoms with E-state index in [0.717, 1.165) is 24.9 Å². The molecule has 0 unspecified atom stereocenters. The smallest absolute Gasteiger partial charge is 0.271 e. The molecule has 2 aliphatic rings. The lowest BCUT2D eigenvalue weighted by Crippen LogP contribution is -2.44. The van der Waals surface area contributed by atoms with Crippen molar-refractivity contribution in [3.63, 3.8) is 0 Å². The molecular formula is C34H45N7O4S2. The van der Waals surface area contributed by atoms with E-state index < -0.39 is 6.04 Å². The number of aromatic nitrogens is 2. The van der Waals surface area contributed by atoms with Crippen LogP contribution in [0.5, 0.6) is 0 Å². The topological polar surface area (TPSA) is 145 Å². The minimum atomic E-state index is -0.476. The first-order valence-electron chi connectivity index (χ1n) is 16.6. The number of thiazole rings is 2. The van der Waals surface area contributed by atoms with Crippen LogP contribution in [0.3, 0.4) is 0 Å². The van der Waals surface area contributed by atoms with Crippen molar-refractivity contribution in [1.82, 2.24) is 36.1 Å². The first-order chi connectivity index (χ1) is 22.8. The van der Waals surface area contributed by atoms with Gasteiger partial charge in [0.1, 0.15) is 21.4 Å². The fourth-order valence-corrected chi connectivity index (χ4v) is 7.70. The highest BCUT2D eigenvalue weighted by molar-refractivity contribution is 7.10. The molecule has 0 saturated carbocycles. The second-order valence-electron chi connectivity index (χ2n) is 12.7. The van der Waals surface area contributed by atoms with Gasteiger partial charge in [0, 0.05) is 43.4 Å². The van der Waals surface area contributed by atoms with Gasteiger partial charge >= 0.3 is 0 Å². The maximum Gasteiger partial charge on any atom is 0.271 e. The average Bonchev–Trinajstić information content (AvgIpc) is 3.77. The SMILES string of the molecule is CC(C)C[C@@H]1NC(=O)CCCN(C(=O)[C@H]2CCCNC2)CCCNC(=O)c2csc(n2)[C@H](Cc2ccccc2)NC(=O)c2csc1n2. The quantitative estimate of drug-likeness (QED) is 0.316. The summed E-state index contributed by atoms with van der Waals surface area (Å²) in [6.45, 7) is 7.09. The van der Waals surface area contributed by atoms with Gasteiger partial charge in [0.15, 0.2) is 0 Å². The van der Waals surface area contributed by atoms with Gasteiger partial charge in [-0.3, -0.25) is 19.2 Å². The van der Waals surface area contributed by atoms with Crippen molar-refractivity contribution in [2.24, 2.45) is 11.8 Å². The van der Waals surface area contributed by atoms with Gasteiger partial charge in [0.25, 0.3) is 11.8 Å². The maximum absolute atomic E-state index is 13.5. The summed E-state index contributed by atoms with van der Waals surface area (Å²) in [6.07, 6.45) is 4.35. The number of carbonyl (C=O) groups excluding carboxylic acids is 4.